The minimum atomic E-state index is 0.0304. The Kier molecular flexibility index (Phi) is 14.9. The van der Waals surface area contributed by atoms with E-state index in [9.17, 15) is 0 Å². The molecule has 0 atom stereocenters. The SMILES string of the molecule is [CH2]CCCCCCC(OCCCC)OCCCC. The summed E-state index contributed by atoms with van der Waals surface area (Å²) in [6.07, 6.45) is 11.8. The van der Waals surface area contributed by atoms with Gasteiger partial charge in [-0.3, -0.25) is 0 Å². The fourth-order valence-corrected chi connectivity index (χ4v) is 1.77. The van der Waals surface area contributed by atoms with Crippen LogP contribution >= 0.6 is 0 Å². The van der Waals surface area contributed by atoms with E-state index >= 15 is 0 Å². The van der Waals surface area contributed by atoms with Crippen molar-refractivity contribution in [3.8, 4) is 0 Å². The van der Waals surface area contributed by atoms with E-state index in [1.165, 1.54) is 38.5 Å². The molecule has 0 aliphatic heterocycles. The molecule has 0 spiro atoms. The van der Waals surface area contributed by atoms with Gasteiger partial charge in [-0.1, -0.05) is 59.3 Å². The van der Waals surface area contributed by atoms with E-state index in [1.54, 1.807) is 0 Å². The van der Waals surface area contributed by atoms with Gasteiger partial charge in [-0.05, 0) is 25.7 Å². The third-order valence-corrected chi connectivity index (χ3v) is 3.04. The molecule has 0 bridgehead atoms. The first kappa shape index (κ1) is 17.9. The minimum Gasteiger partial charge on any atom is -0.353 e. The fraction of sp³-hybridized carbons (Fsp3) is 0.938. The average Bonchev–Trinajstić information content (AvgIpc) is 2.38. The molecular formula is C16H33O2. The van der Waals surface area contributed by atoms with Crippen LogP contribution in [0, 0.1) is 6.92 Å². The van der Waals surface area contributed by atoms with Crippen LogP contribution in [0.15, 0.2) is 0 Å². The summed E-state index contributed by atoms with van der Waals surface area (Å²) >= 11 is 0. The summed E-state index contributed by atoms with van der Waals surface area (Å²) in [5, 5.41) is 0. The molecule has 0 rings (SSSR count). The Morgan fingerprint density at radius 2 is 1.33 bits per heavy atom. The quantitative estimate of drug-likeness (QED) is 0.317. The highest BCUT2D eigenvalue weighted by atomic mass is 16.7. The first-order valence-corrected chi connectivity index (χ1v) is 7.87. The third-order valence-electron chi connectivity index (χ3n) is 3.04. The Morgan fingerprint density at radius 3 is 1.83 bits per heavy atom. The van der Waals surface area contributed by atoms with Crippen molar-refractivity contribution in [1.82, 2.24) is 0 Å². The molecule has 18 heavy (non-hydrogen) atoms. The molecule has 0 saturated heterocycles. The number of ether oxygens (including phenoxy) is 2. The van der Waals surface area contributed by atoms with E-state index in [-0.39, 0.29) is 6.29 Å². The van der Waals surface area contributed by atoms with Crippen molar-refractivity contribution in [3.05, 3.63) is 6.92 Å². The average molecular weight is 257 g/mol. The zero-order valence-corrected chi connectivity index (χ0v) is 12.6. The van der Waals surface area contributed by atoms with Crippen LogP contribution in [-0.2, 0) is 9.47 Å². The zero-order valence-electron chi connectivity index (χ0n) is 12.6. The van der Waals surface area contributed by atoms with Crippen LogP contribution in [0.4, 0.5) is 0 Å². The zero-order chi connectivity index (χ0) is 13.5. The predicted molar refractivity (Wildman–Crippen MR) is 78.6 cm³/mol. The molecule has 0 unspecified atom stereocenters. The minimum absolute atomic E-state index is 0.0304. The van der Waals surface area contributed by atoms with Crippen molar-refractivity contribution in [2.75, 3.05) is 13.2 Å². The summed E-state index contributed by atoms with van der Waals surface area (Å²) in [7, 11) is 0. The van der Waals surface area contributed by atoms with Crippen LogP contribution in [-0.4, -0.2) is 19.5 Å². The number of hydrogen-bond acceptors (Lipinski definition) is 2. The van der Waals surface area contributed by atoms with Gasteiger partial charge in [0.1, 0.15) is 0 Å². The van der Waals surface area contributed by atoms with Crippen molar-refractivity contribution >= 4 is 0 Å². The van der Waals surface area contributed by atoms with Gasteiger partial charge in [-0.2, -0.15) is 0 Å². The Balaban J connectivity index is 3.60. The maximum atomic E-state index is 5.80. The predicted octanol–water partition coefficient (Wildman–Crippen LogP) is 5.12. The van der Waals surface area contributed by atoms with Crippen molar-refractivity contribution < 1.29 is 9.47 Å². The molecule has 0 aromatic heterocycles. The van der Waals surface area contributed by atoms with Crippen molar-refractivity contribution in [2.45, 2.75) is 84.3 Å². The van der Waals surface area contributed by atoms with Crippen molar-refractivity contribution in [3.63, 3.8) is 0 Å². The molecule has 109 valence electrons. The molecule has 2 heteroatoms. The van der Waals surface area contributed by atoms with Gasteiger partial charge in [-0.15, -0.1) is 0 Å². The summed E-state index contributed by atoms with van der Waals surface area (Å²) in [4.78, 5) is 0. The van der Waals surface area contributed by atoms with Gasteiger partial charge in [0, 0.05) is 13.2 Å². The molecule has 0 heterocycles. The highest BCUT2D eigenvalue weighted by Crippen LogP contribution is 2.11. The van der Waals surface area contributed by atoms with Gasteiger partial charge in [0.15, 0.2) is 6.29 Å². The van der Waals surface area contributed by atoms with E-state index in [1.807, 2.05) is 0 Å². The second-order valence-electron chi connectivity index (χ2n) is 4.93. The second kappa shape index (κ2) is 15.0. The second-order valence-corrected chi connectivity index (χ2v) is 4.93. The molecule has 0 aliphatic rings. The Hall–Kier alpha value is -0.0800. The highest BCUT2D eigenvalue weighted by molar-refractivity contribution is 4.51. The number of rotatable bonds is 14. The lowest BCUT2D eigenvalue weighted by Gasteiger charge is -2.18. The first-order chi connectivity index (χ1) is 8.85. The lowest BCUT2D eigenvalue weighted by molar-refractivity contribution is -0.147. The molecule has 0 fully saturated rings. The maximum Gasteiger partial charge on any atom is 0.157 e. The number of unbranched alkanes of at least 4 members (excludes halogenated alkanes) is 6. The molecule has 0 aromatic rings. The van der Waals surface area contributed by atoms with Gasteiger partial charge < -0.3 is 9.47 Å². The molecule has 0 N–H and O–H groups in total. The van der Waals surface area contributed by atoms with Gasteiger partial charge >= 0.3 is 0 Å². The highest BCUT2D eigenvalue weighted by Gasteiger charge is 2.08. The standard InChI is InChI=1S/C16H33O2/c1-4-7-10-11-12-13-16(17-14-8-5-2)18-15-9-6-3/h16H,1,4-15H2,2-3H3. The summed E-state index contributed by atoms with van der Waals surface area (Å²) in [5.74, 6) is 0. The molecule has 0 saturated carbocycles. The van der Waals surface area contributed by atoms with Crippen LogP contribution in [0.25, 0.3) is 0 Å². The normalized spacial score (nSPS) is 11.3. The Bertz CT molecular complexity index is 138. The Labute approximate surface area is 114 Å². The van der Waals surface area contributed by atoms with Crippen molar-refractivity contribution in [1.29, 1.82) is 0 Å². The van der Waals surface area contributed by atoms with Crippen molar-refractivity contribution in [2.24, 2.45) is 0 Å². The maximum absolute atomic E-state index is 5.80. The molecule has 0 aromatic carbocycles. The van der Waals surface area contributed by atoms with Crippen LogP contribution in [0.2, 0.25) is 0 Å². The van der Waals surface area contributed by atoms with Crippen LogP contribution < -0.4 is 0 Å². The van der Waals surface area contributed by atoms with Crippen LogP contribution in [0.1, 0.15) is 78.1 Å². The van der Waals surface area contributed by atoms with E-state index in [0.717, 1.165) is 38.9 Å². The van der Waals surface area contributed by atoms with E-state index in [4.69, 9.17) is 9.47 Å². The summed E-state index contributed by atoms with van der Waals surface area (Å²) in [5.41, 5.74) is 0. The van der Waals surface area contributed by atoms with E-state index in [0.29, 0.717) is 0 Å². The van der Waals surface area contributed by atoms with Gasteiger partial charge in [0.05, 0.1) is 0 Å². The Morgan fingerprint density at radius 1 is 0.778 bits per heavy atom. The molecular weight excluding hydrogens is 224 g/mol. The summed E-state index contributed by atoms with van der Waals surface area (Å²) in [6.45, 7) is 9.93. The van der Waals surface area contributed by atoms with Gasteiger partial charge in [0.2, 0.25) is 0 Å². The number of hydrogen-bond donors (Lipinski definition) is 0. The largest absolute Gasteiger partial charge is 0.353 e. The molecule has 1 radical (unpaired) electrons. The van der Waals surface area contributed by atoms with Gasteiger partial charge in [-0.25, -0.2) is 0 Å². The topological polar surface area (TPSA) is 18.5 Å². The lowest BCUT2D eigenvalue weighted by Crippen LogP contribution is -2.18. The summed E-state index contributed by atoms with van der Waals surface area (Å²) < 4.78 is 11.6. The smallest absolute Gasteiger partial charge is 0.157 e. The van der Waals surface area contributed by atoms with Gasteiger partial charge in [0.25, 0.3) is 0 Å². The molecule has 0 aliphatic carbocycles. The molecule has 0 amide bonds. The fourth-order valence-electron chi connectivity index (χ4n) is 1.77. The van der Waals surface area contributed by atoms with Crippen LogP contribution in [0.3, 0.4) is 0 Å². The van der Waals surface area contributed by atoms with E-state index in [2.05, 4.69) is 20.8 Å². The monoisotopic (exact) mass is 257 g/mol. The lowest BCUT2D eigenvalue weighted by atomic mass is 10.1. The first-order valence-electron chi connectivity index (χ1n) is 7.87. The third kappa shape index (κ3) is 12.4. The van der Waals surface area contributed by atoms with Crippen LogP contribution in [0.5, 0.6) is 0 Å². The molecule has 2 nitrogen and oxygen atoms in total. The van der Waals surface area contributed by atoms with E-state index < -0.39 is 0 Å². The summed E-state index contributed by atoms with van der Waals surface area (Å²) in [6, 6.07) is 0.